The highest BCUT2D eigenvalue weighted by Gasteiger charge is 2.14. The monoisotopic (exact) mass is 376 g/mol. The van der Waals surface area contributed by atoms with Gasteiger partial charge in [-0.05, 0) is 18.2 Å². The number of methoxy groups -OCH3 is 1. The molecule has 0 atom stereocenters. The molecule has 0 spiro atoms. The molecular formula is C17H20N4O4S. The van der Waals surface area contributed by atoms with Crippen molar-refractivity contribution < 1.29 is 17.6 Å². The Labute approximate surface area is 151 Å². The first-order valence-electron chi connectivity index (χ1n) is 7.93. The van der Waals surface area contributed by atoms with Crippen LogP contribution >= 0.6 is 0 Å². The van der Waals surface area contributed by atoms with Gasteiger partial charge in [0, 0.05) is 24.3 Å². The Morgan fingerprint density at radius 3 is 2.81 bits per heavy atom. The molecule has 0 saturated carbocycles. The van der Waals surface area contributed by atoms with Crippen LogP contribution in [-0.2, 0) is 16.4 Å². The standard InChI is InChI=1S/C17H20N4O4S/c1-24-16-8-14-12(17(18)21-10-20-14)7-13(16)15-4-3-11(25-15)9-19-5-6-26(2,22)23/h3-4,7-8,10,19H,5-6,9H2,1-2H3,(H2,18,20,21). The van der Waals surface area contributed by atoms with E-state index in [-0.39, 0.29) is 5.75 Å². The Bertz CT molecular complexity index is 1030. The fraction of sp³-hybridized carbons (Fsp3) is 0.294. The molecule has 26 heavy (non-hydrogen) atoms. The zero-order valence-corrected chi connectivity index (χ0v) is 15.3. The van der Waals surface area contributed by atoms with E-state index in [2.05, 4.69) is 15.3 Å². The van der Waals surface area contributed by atoms with Crippen LogP contribution in [0.4, 0.5) is 5.82 Å². The Morgan fingerprint density at radius 1 is 1.27 bits per heavy atom. The number of hydrogen-bond donors (Lipinski definition) is 2. The van der Waals surface area contributed by atoms with E-state index in [9.17, 15) is 8.42 Å². The summed E-state index contributed by atoms with van der Waals surface area (Å²) in [7, 11) is -1.41. The van der Waals surface area contributed by atoms with Crippen molar-refractivity contribution in [1.29, 1.82) is 0 Å². The largest absolute Gasteiger partial charge is 0.496 e. The van der Waals surface area contributed by atoms with E-state index in [1.807, 2.05) is 18.2 Å². The van der Waals surface area contributed by atoms with Gasteiger partial charge in [0.15, 0.2) is 0 Å². The van der Waals surface area contributed by atoms with E-state index < -0.39 is 9.84 Å². The third kappa shape index (κ3) is 4.12. The molecule has 0 aliphatic heterocycles. The summed E-state index contributed by atoms with van der Waals surface area (Å²) < 4.78 is 33.6. The number of fused-ring (bicyclic) bond motifs is 1. The fourth-order valence-electron chi connectivity index (χ4n) is 2.55. The van der Waals surface area contributed by atoms with E-state index in [0.717, 1.165) is 5.56 Å². The number of aromatic nitrogens is 2. The molecule has 0 aliphatic rings. The molecule has 3 aromatic rings. The molecule has 0 fully saturated rings. The lowest BCUT2D eigenvalue weighted by atomic mass is 10.1. The maximum absolute atomic E-state index is 11.1. The highest BCUT2D eigenvalue weighted by atomic mass is 32.2. The van der Waals surface area contributed by atoms with Crippen LogP contribution < -0.4 is 15.8 Å². The zero-order valence-electron chi connectivity index (χ0n) is 14.5. The van der Waals surface area contributed by atoms with Crippen molar-refractivity contribution in [3.05, 3.63) is 36.4 Å². The molecule has 0 bridgehead atoms. The lowest BCUT2D eigenvalue weighted by Gasteiger charge is -2.09. The molecule has 0 unspecified atom stereocenters. The second-order valence-electron chi connectivity index (χ2n) is 5.90. The molecule has 9 heteroatoms. The molecule has 2 heterocycles. The molecule has 1 aromatic carbocycles. The lowest BCUT2D eigenvalue weighted by molar-refractivity contribution is 0.414. The van der Waals surface area contributed by atoms with Crippen LogP contribution in [-0.4, -0.2) is 44.0 Å². The smallest absolute Gasteiger partial charge is 0.148 e. The topological polar surface area (TPSA) is 120 Å². The molecule has 0 saturated heterocycles. The Balaban J connectivity index is 1.83. The number of nitrogens with one attached hydrogen (secondary N) is 1. The number of nitrogen functional groups attached to an aromatic ring is 1. The van der Waals surface area contributed by atoms with Crippen LogP contribution in [0.1, 0.15) is 5.76 Å². The molecule has 138 valence electrons. The van der Waals surface area contributed by atoms with Crippen LogP contribution in [0.15, 0.2) is 35.0 Å². The molecule has 0 amide bonds. The number of benzene rings is 1. The Morgan fingerprint density at radius 2 is 2.08 bits per heavy atom. The summed E-state index contributed by atoms with van der Waals surface area (Å²) in [5, 5.41) is 3.76. The maximum Gasteiger partial charge on any atom is 0.148 e. The van der Waals surface area contributed by atoms with Gasteiger partial charge in [-0.25, -0.2) is 18.4 Å². The van der Waals surface area contributed by atoms with Crippen LogP contribution in [0.5, 0.6) is 5.75 Å². The number of ether oxygens (including phenoxy) is 1. The summed E-state index contributed by atoms with van der Waals surface area (Å²) in [4.78, 5) is 8.21. The predicted octanol–water partition coefficient (Wildman–Crippen LogP) is 1.61. The van der Waals surface area contributed by atoms with Gasteiger partial charge in [-0.2, -0.15) is 0 Å². The number of nitrogens with two attached hydrogens (primary N) is 1. The minimum atomic E-state index is -2.98. The van der Waals surface area contributed by atoms with Gasteiger partial charge in [0.05, 0.1) is 30.5 Å². The molecule has 0 radical (unpaired) electrons. The summed E-state index contributed by atoms with van der Waals surface area (Å²) in [5.41, 5.74) is 7.36. The van der Waals surface area contributed by atoms with E-state index in [0.29, 0.717) is 47.1 Å². The number of furan rings is 1. The average Bonchev–Trinajstić information content (AvgIpc) is 3.06. The van der Waals surface area contributed by atoms with Crippen molar-refractivity contribution in [2.45, 2.75) is 6.54 Å². The number of rotatable bonds is 7. The minimum absolute atomic E-state index is 0.0817. The van der Waals surface area contributed by atoms with Gasteiger partial charge >= 0.3 is 0 Å². The minimum Gasteiger partial charge on any atom is -0.496 e. The first kappa shape index (κ1) is 18.2. The number of hydrogen-bond acceptors (Lipinski definition) is 8. The number of nitrogens with zero attached hydrogens (tertiary/aromatic N) is 2. The Kier molecular flexibility index (Phi) is 5.10. The summed E-state index contributed by atoms with van der Waals surface area (Å²) in [5.74, 6) is 2.38. The maximum atomic E-state index is 11.1. The van der Waals surface area contributed by atoms with Gasteiger partial charge in [0.2, 0.25) is 0 Å². The summed E-state index contributed by atoms with van der Waals surface area (Å²) in [6.45, 7) is 0.790. The number of sulfone groups is 1. The second kappa shape index (κ2) is 7.30. The van der Waals surface area contributed by atoms with Crippen LogP contribution in [0.25, 0.3) is 22.2 Å². The normalized spacial score (nSPS) is 11.8. The van der Waals surface area contributed by atoms with Crippen LogP contribution in [0, 0.1) is 0 Å². The van der Waals surface area contributed by atoms with Gasteiger partial charge in [-0.15, -0.1) is 0 Å². The fourth-order valence-corrected chi connectivity index (χ4v) is 3.07. The van der Waals surface area contributed by atoms with E-state index in [4.69, 9.17) is 14.9 Å². The van der Waals surface area contributed by atoms with Crippen molar-refractivity contribution in [2.24, 2.45) is 0 Å². The van der Waals surface area contributed by atoms with Crippen molar-refractivity contribution >= 4 is 26.6 Å². The lowest BCUT2D eigenvalue weighted by Crippen LogP contribution is -2.21. The molecule has 3 N–H and O–H groups in total. The van der Waals surface area contributed by atoms with Gasteiger partial charge in [-0.1, -0.05) is 0 Å². The predicted molar refractivity (Wildman–Crippen MR) is 99.6 cm³/mol. The van der Waals surface area contributed by atoms with Crippen molar-refractivity contribution in [1.82, 2.24) is 15.3 Å². The summed E-state index contributed by atoms with van der Waals surface area (Å²) in [6, 6.07) is 7.28. The molecular weight excluding hydrogens is 356 g/mol. The van der Waals surface area contributed by atoms with Crippen molar-refractivity contribution in [2.75, 3.05) is 31.4 Å². The van der Waals surface area contributed by atoms with E-state index in [1.165, 1.54) is 12.6 Å². The van der Waals surface area contributed by atoms with Gasteiger partial charge < -0.3 is 20.2 Å². The SMILES string of the molecule is COc1cc2ncnc(N)c2cc1-c1ccc(CNCCS(C)(=O)=O)o1. The summed E-state index contributed by atoms with van der Waals surface area (Å²) in [6.07, 6.45) is 2.62. The first-order chi connectivity index (χ1) is 12.4. The highest BCUT2D eigenvalue weighted by molar-refractivity contribution is 7.90. The van der Waals surface area contributed by atoms with Crippen LogP contribution in [0.3, 0.4) is 0 Å². The van der Waals surface area contributed by atoms with Gasteiger partial charge in [-0.3, -0.25) is 0 Å². The third-order valence-corrected chi connectivity index (χ3v) is 4.81. The van der Waals surface area contributed by atoms with E-state index >= 15 is 0 Å². The van der Waals surface area contributed by atoms with E-state index in [1.54, 1.807) is 13.2 Å². The Hall–Kier alpha value is -2.65. The highest BCUT2D eigenvalue weighted by Crippen LogP contribution is 2.35. The summed E-state index contributed by atoms with van der Waals surface area (Å²) >= 11 is 0. The molecule has 2 aromatic heterocycles. The second-order valence-corrected chi connectivity index (χ2v) is 8.16. The molecule has 0 aliphatic carbocycles. The van der Waals surface area contributed by atoms with Crippen molar-refractivity contribution in [3.63, 3.8) is 0 Å². The quantitative estimate of drug-likeness (QED) is 0.597. The number of anilines is 1. The third-order valence-electron chi connectivity index (χ3n) is 3.86. The molecule has 8 nitrogen and oxygen atoms in total. The van der Waals surface area contributed by atoms with Gasteiger partial charge in [0.25, 0.3) is 0 Å². The first-order valence-corrected chi connectivity index (χ1v) is 9.99. The van der Waals surface area contributed by atoms with Gasteiger partial charge in [0.1, 0.15) is 39.3 Å². The van der Waals surface area contributed by atoms with Crippen molar-refractivity contribution in [3.8, 4) is 17.1 Å². The zero-order chi connectivity index (χ0) is 18.7. The molecule has 3 rings (SSSR count). The average molecular weight is 376 g/mol. The van der Waals surface area contributed by atoms with Crippen LogP contribution in [0.2, 0.25) is 0 Å².